The first kappa shape index (κ1) is 13.3. The van der Waals surface area contributed by atoms with Gasteiger partial charge < -0.3 is 4.74 Å². The Bertz CT molecular complexity index is 611. The lowest BCUT2D eigenvalue weighted by Gasteiger charge is -2.13. The van der Waals surface area contributed by atoms with Crippen LogP contribution in [0.2, 0.25) is 5.15 Å². The Labute approximate surface area is 122 Å². The first-order valence-electron chi connectivity index (χ1n) is 6.75. The normalized spacial score (nSPS) is 15.9. The largest absolute Gasteiger partial charge is 0.373 e. The lowest BCUT2D eigenvalue weighted by molar-refractivity contribution is 0.0880. The molecule has 0 aliphatic heterocycles. The van der Waals surface area contributed by atoms with Gasteiger partial charge in [-0.1, -0.05) is 24.9 Å². The molecule has 5 heteroatoms. The molecule has 2 aromatic rings. The van der Waals surface area contributed by atoms with E-state index in [0.717, 1.165) is 41.7 Å². The van der Waals surface area contributed by atoms with Crippen LogP contribution in [0, 0.1) is 0 Å². The maximum absolute atomic E-state index is 6.39. The summed E-state index contributed by atoms with van der Waals surface area (Å²) in [7, 11) is 1.70. The summed E-state index contributed by atoms with van der Waals surface area (Å²) in [5, 5.41) is 1.67. The molecule has 0 amide bonds. The highest BCUT2D eigenvalue weighted by Crippen LogP contribution is 2.39. The van der Waals surface area contributed by atoms with E-state index in [4.69, 9.17) is 16.3 Å². The monoisotopic (exact) mass is 296 g/mol. The standard InChI is InChI=1S/C14H17ClN2OS/c1-3-5-9(18-2)13-16-12(15)11-8-6-4-7-10(8)19-14(11)17-13/h9H,3-7H2,1-2H3. The molecule has 0 bridgehead atoms. The third-order valence-electron chi connectivity index (χ3n) is 3.66. The predicted octanol–water partition coefficient (Wildman–Crippen LogP) is 4.32. The average molecular weight is 297 g/mol. The Hall–Kier alpha value is -0.710. The zero-order chi connectivity index (χ0) is 13.4. The number of nitrogens with zero attached hydrogens (tertiary/aromatic N) is 2. The van der Waals surface area contributed by atoms with Crippen molar-refractivity contribution in [2.24, 2.45) is 0 Å². The van der Waals surface area contributed by atoms with Gasteiger partial charge in [0.1, 0.15) is 16.1 Å². The summed E-state index contributed by atoms with van der Waals surface area (Å²) in [6.45, 7) is 2.13. The first-order valence-corrected chi connectivity index (χ1v) is 7.94. The minimum absolute atomic E-state index is 0.0520. The molecule has 3 nitrogen and oxygen atoms in total. The summed E-state index contributed by atoms with van der Waals surface area (Å²) < 4.78 is 5.48. The van der Waals surface area contributed by atoms with E-state index in [1.54, 1.807) is 18.4 Å². The van der Waals surface area contributed by atoms with Crippen molar-refractivity contribution in [3.05, 3.63) is 21.4 Å². The number of ether oxygens (including phenoxy) is 1. The van der Waals surface area contributed by atoms with Gasteiger partial charge in [-0.05, 0) is 31.2 Å². The van der Waals surface area contributed by atoms with Gasteiger partial charge in [0.05, 0.1) is 5.39 Å². The lowest BCUT2D eigenvalue weighted by Crippen LogP contribution is -2.06. The molecule has 1 atom stereocenters. The zero-order valence-corrected chi connectivity index (χ0v) is 12.8. The number of hydrogen-bond donors (Lipinski definition) is 0. The van der Waals surface area contributed by atoms with Gasteiger partial charge in [0.25, 0.3) is 0 Å². The van der Waals surface area contributed by atoms with Crippen LogP contribution in [0.3, 0.4) is 0 Å². The Morgan fingerprint density at radius 3 is 2.95 bits per heavy atom. The average Bonchev–Trinajstić information content (AvgIpc) is 2.95. The van der Waals surface area contributed by atoms with Crippen molar-refractivity contribution in [1.82, 2.24) is 9.97 Å². The van der Waals surface area contributed by atoms with Crippen LogP contribution >= 0.6 is 22.9 Å². The third kappa shape index (κ3) is 2.26. The summed E-state index contributed by atoms with van der Waals surface area (Å²) in [6, 6.07) is 0. The van der Waals surface area contributed by atoms with E-state index in [1.807, 2.05) is 0 Å². The van der Waals surface area contributed by atoms with Crippen molar-refractivity contribution in [3.8, 4) is 0 Å². The number of aromatic nitrogens is 2. The fourth-order valence-corrected chi connectivity index (χ4v) is 4.34. The second-order valence-electron chi connectivity index (χ2n) is 4.92. The van der Waals surface area contributed by atoms with E-state index < -0.39 is 0 Å². The fourth-order valence-electron chi connectivity index (χ4n) is 2.73. The fraction of sp³-hybridized carbons (Fsp3) is 0.571. The molecule has 2 aromatic heterocycles. The van der Waals surface area contributed by atoms with Crippen LogP contribution < -0.4 is 0 Å². The van der Waals surface area contributed by atoms with Gasteiger partial charge in [-0.25, -0.2) is 9.97 Å². The molecule has 3 rings (SSSR count). The number of halogens is 1. The van der Waals surface area contributed by atoms with Crippen LogP contribution in [0.4, 0.5) is 0 Å². The van der Waals surface area contributed by atoms with E-state index >= 15 is 0 Å². The lowest BCUT2D eigenvalue weighted by atomic mass is 10.2. The molecule has 0 saturated heterocycles. The summed E-state index contributed by atoms with van der Waals surface area (Å²) in [6.07, 6.45) is 5.41. The van der Waals surface area contributed by atoms with Gasteiger partial charge in [0.15, 0.2) is 5.82 Å². The third-order valence-corrected chi connectivity index (χ3v) is 5.12. The van der Waals surface area contributed by atoms with Gasteiger partial charge in [0, 0.05) is 12.0 Å². The van der Waals surface area contributed by atoms with Crippen LogP contribution in [-0.2, 0) is 17.6 Å². The summed E-state index contributed by atoms with van der Waals surface area (Å²) >= 11 is 8.16. The molecule has 2 heterocycles. The van der Waals surface area contributed by atoms with Crippen LogP contribution in [0.1, 0.15) is 48.6 Å². The molecular weight excluding hydrogens is 280 g/mol. The first-order chi connectivity index (χ1) is 9.24. The van der Waals surface area contributed by atoms with Gasteiger partial charge in [-0.15, -0.1) is 11.3 Å². The molecule has 1 aliphatic rings. The van der Waals surface area contributed by atoms with E-state index in [-0.39, 0.29) is 6.10 Å². The highest BCUT2D eigenvalue weighted by atomic mass is 35.5. The van der Waals surface area contributed by atoms with Crippen LogP contribution in [0.25, 0.3) is 10.2 Å². The van der Waals surface area contributed by atoms with Crippen LogP contribution in [0.15, 0.2) is 0 Å². The van der Waals surface area contributed by atoms with E-state index in [0.29, 0.717) is 5.15 Å². The van der Waals surface area contributed by atoms with Gasteiger partial charge >= 0.3 is 0 Å². The summed E-state index contributed by atoms with van der Waals surface area (Å²) in [5.41, 5.74) is 1.38. The minimum atomic E-state index is -0.0520. The Morgan fingerprint density at radius 2 is 2.21 bits per heavy atom. The maximum atomic E-state index is 6.39. The zero-order valence-electron chi connectivity index (χ0n) is 11.2. The smallest absolute Gasteiger partial charge is 0.160 e. The van der Waals surface area contributed by atoms with Crippen molar-refractivity contribution in [2.45, 2.75) is 45.1 Å². The molecular formula is C14H17ClN2OS. The van der Waals surface area contributed by atoms with Gasteiger partial charge in [-0.3, -0.25) is 0 Å². The van der Waals surface area contributed by atoms with Crippen molar-refractivity contribution < 1.29 is 4.74 Å². The molecule has 1 unspecified atom stereocenters. The van der Waals surface area contributed by atoms with Gasteiger partial charge in [0.2, 0.25) is 0 Å². The number of aryl methyl sites for hydroxylation is 2. The minimum Gasteiger partial charge on any atom is -0.373 e. The highest BCUT2D eigenvalue weighted by Gasteiger charge is 2.23. The molecule has 1 aliphatic carbocycles. The van der Waals surface area contributed by atoms with E-state index in [9.17, 15) is 0 Å². The molecule has 102 valence electrons. The number of rotatable bonds is 4. The number of fused-ring (bicyclic) bond motifs is 3. The van der Waals surface area contributed by atoms with E-state index in [2.05, 4.69) is 16.9 Å². The van der Waals surface area contributed by atoms with Crippen molar-refractivity contribution in [1.29, 1.82) is 0 Å². The number of methoxy groups -OCH3 is 1. The summed E-state index contributed by atoms with van der Waals surface area (Å²) in [4.78, 5) is 11.6. The van der Waals surface area contributed by atoms with E-state index in [1.165, 1.54) is 16.9 Å². The molecule has 0 saturated carbocycles. The molecule has 19 heavy (non-hydrogen) atoms. The van der Waals surface area contributed by atoms with Crippen molar-refractivity contribution in [3.63, 3.8) is 0 Å². The quantitative estimate of drug-likeness (QED) is 0.788. The molecule has 0 N–H and O–H groups in total. The Kier molecular flexibility index (Phi) is 3.74. The molecule has 0 spiro atoms. The second-order valence-corrected chi connectivity index (χ2v) is 6.36. The van der Waals surface area contributed by atoms with Crippen LogP contribution in [0.5, 0.6) is 0 Å². The van der Waals surface area contributed by atoms with Crippen molar-refractivity contribution in [2.75, 3.05) is 7.11 Å². The van der Waals surface area contributed by atoms with Gasteiger partial charge in [-0.2, -0.15) is 0 Å². The Balaban J connectivity index is 2.10. The predicted molar refractivity (Wildman–Crippen MR) is 79.1 cm³/mol. The Morgan fingerprint density at radius 1 is 1.37 bits per heavy atom. The number of thiophene rings is 1. The molecule has 0 fully saturated rings. The SMILES string of the molecule is CCCC(OC)c1nc(Cl)c2c3c(sc2n1)CCC3. The number of hydrogen-bond acceptors (Lipinski definition) is 4. The molecule has 0 radical (unpaired) electrons. The van der Waals surface area contributed by atoms with Crippen LogP contribution in [-0.4, -0.2) is 17.1 Å². The topological polar surface area (TPSA) is 35.0 Å². The van der Waals surface area contributed by atoms with Crippen molar-refractivity contribution >= 4 is 33.2 Å². The highest BCUT2D eigenvalue weighted by molar-refractivity contribution is 7.19. The summed E-state index contributed by atoms with van der Waals surface area (Å²) in [5.74, 6) is 0.724. The molecule has 0 aromatic carbocycles. The maximum Gasteiger partial charge on any atom is 0.160 e. The second kappa shape index (κ2) is 5.35.